The number of unbranched alkanes of at least 4 members (excludes halogenated alkanes) is 10. The van der Waals surface area contributed by atoms with Crippen molar-refractivity contribution in [2.45, 2.75) is 225 Å². The highest BCUT2D eigenvalue weighted by Crippen LogP contribution is 2.43. The van der Waals surface area contributed by atoms with Gasteiger partial charge in [-0.1, -0.05) is 271 Å². The van der Waals surface area contributed by atoms with E-state index in [0.29, 0.717) is 12.8 Å². The van der Waals surface area contributed by atoms with E-state index in [-0.39, 0.29) is 32.6 Å². The van der Waals surface area contributed by atoms with Gasteiger partial charge in [0, 0.05) is 19.4 Å². The maximum Gasteiger partial charge on any atom is 0.472 e. The second-order valence-corrected chi connectivity index (χ2v) is 22.3. The predicted molar refractivity (Wildman–Crippen MR) is 375 cm³/mol. The fraction of sp³-hybridized carbons (Fsp3) is 0.506. The Morgan fingerprint density at radius 1 is 0.345 bits per heavy atom. The molecule has 0 rings (SSSR count). The molecule has 2 unspecified atom stereocenters. The van der Waals surface area contributed by atoms with Crippen LogP contribution in [0.25, 0.3) is 0 Å². The molecule has 0 aliphatic heterocycles. The van der Waals surface area contributed by atoms with E-state index in [9.17, 15) is 19.0 Å². The maximum atomic E-state index is 12.7. The Labute approximate surface area is 531 Å². The Morgan fingerprint density at radius 3 is 0.908 bits per heavy atom. The van der Waals surface area contributed by atoms with Crippen molar-refractivity contribution >= 4 is 19.8 Å². The molecule has 0 spiro atoms. The molecule has 484 valence electrons. The molecule has 0 aromatic heterocycles. The van der Waals surface area contributed by atoms with Crippen molar-refractivity contribution in [1.29, 1.82) is 0 Å². The van der Waals surface area contributed by atoms with Gasteiger partial charge in [-0.2, -0.15) is 0 Å². The van der Waals surface area contributed by atoms with E-state index in [0.717, 1.165) is 154 Å². The number of esters is 2. The summed E-state index contributed by atoms with van der Waals surface area (Å²) in [6.45, 7) is 3.42. The lowest BCUT2D eigenvalue weighted by molar-refractivity contribution is -0.161. The SMILES string of the molecule is CC/C=C\C/C=C\C/C=C\C/C=C\C/C=C\C/C=C\C/C=C\C/C=C\C/C=C\C/C=C\CCCCC(=O)OC(COC(=O)CCCCCCCCCC/C=C\C/C=C\C/C=C\C/C=C\C/C=C\C/C=C\C/C=C\C/C=C\CC)COP(=O)(O)OCCN. The molecule has 0 bridgehead atoms. The molecule has 87 heavy (non-hydrogen) atoms. The highest BCUT2D eigenvalue weighted by atomic mass is 31.2. The van der Waals surface area contributed by atoms with E-state index in [1.807, 2.05) is 0 Å². The van der Waals surface area contributed by atoms with Gasteiger partial charge in [-0.3, -0.25) is 18.6 Å². The third kappa shape index (κ3) is 69.3. The van der Waals surface area contributed by atoms with E-state index < -0.39 is 32.5 Å². The number of hydrogen-bond acceptors (Lipinski definition) is 8. The van der Waals surface area contributed by atoms with Crippen LogP contribution in [0.5, 0.6) is 0 Å². The van der Waals surface area contributed by atoms with Crippen LogP contribution in [0.1, 0.15) is 219 Å². The average Bonchev–Trinajstić information content (AvgIpc) is 3.64. The summed E-state index contributed by atoms with van der Waals surface area (Å²) < 4.78 is 33.1. The zero-order chi connectivity index (χ0) is 63.0. The fourth-order valence-corrected chi connectivity index (χ4v) is 8.80. The fourth-order valence-electron chi connectivity index (χ4n) is 8.03. The Hall–Kier alpha value is -5.67. The monoisotopic (exact) mass is 1220 g/mol. The van der Waals surface area contributed by atoms with E-state index in [4.69, 9.17) is 24.3 Å². The first-order valence-electron chi connectivity index (χ1n) is 33.2. The Kier molecular flexibility index (Phi) is 64.9. The first-order chi connectivity index (χ1) is 42.8. The van der Waals surface area contributed by atoms with Gasteiger partial charge >= 0.3 is 19.8 Å². The van der Waals surface area contributed by atoms with Crippen LogP contribution < -0.4 is 5.73 Å². The van der Waals surface area contributed by atoms with Crippen LogP contribution >= 0.6 is 7.82 Å². The van der Waals surface area contributed by atoms with Crippen molar-refractivity contribution in [3.63, 3.8) is 0 Å². The second-order valence-electron chi connectivity index (χ2n) is 20.9. The van der Waals surface area contributed by atoms with Gasteiger partial charge in [0.05, 0.1) is 13.2 Å². The second kappa shape index (κ2) is 69.4. The van der Waals surface area contributed by atoms with Gasteiger partial charge in [0.15, 0.2) is 6.10 Å². The maximum absolute atomic E-state index is 12.7. The molecule has 0 aromatic rings. The third-order valence-corrected chi connectivity index (χ3v) is 13.8. The number of carbonyl (C=O) groups excluding carboxylic acids is 2. The summed E-state index contributed by atoms with van der Waals surface area (Å²) in [5.41, 5.74) is 5.39. The Bertz CT molecular complexity index is 2220. The van der Waals surface area contributed by atoms with Crippen molar-refractivity contribution < 1.29 is 37.6 Å². The lowest BCUT2D eigenvalue weighted by atomic mass is 10.1. The van der Waals surface area contributed by atoms with Crippen molar-refractivity contribution in [3.05, 3.63) is 219 Å². The number of hydrogen-bond donors (Lipinski definition) is 2. The summed E-state index contributed by atoms with van der Waals surface area (Å²) in [5.74, 6) is -0.908. The average molecular weight is 1220 g/mol. The summed E-state index contributed by atoms with van der Waals surface area (Å²) in [6.07, 6.45) is 109. The quantitative estimate of drug-likeness (QED) is 0.0264. The molecule has 0 saturated carbocycles. The minimum Gasteiger partial charge on any atom is -0.462 e. The first kappa shape index (κ1) is 81.3. The van der Waals surface area contributed by atoms with Gasteiger partial charge in [0.25, 0.3) is 0 Å². The van der Waals surface area contributed by atoms with Crippen LogP contribution in [0, 0.1) is 0 Å². The highest BCUT2D eigenvalue weighted by molar-refractivity contribution is 7.47. The van der Waals surface area contributed by atoms with Gasteiger partial charge in [-0.25, -0.2) is 4.57 Å². The summed E-state index contributed by atoms with van der Waals surface area (Å²) >= 11 is 0. The Balaban J connectivity index is 4.12. The number of allylic oxidation sites excluding steroid dienone is 36. The number of phosphoric acid groups is 1. The van der Waals surface area contributed by atoms with Crippen molar-refractivity contribution in [2.24, 2.45) is 5.73 Å². The van der Waals surface area contributed by atoms with Crippen molar-refractivity contribution in [1.82, 2.24) is 0 Å². The molecule has 0 radical (unpaired) electrons. The summed E-state index contributed by atoms with van der Waals surface area (Å²) in [4.78, 5) is 35.3. The smallest absolute Gasteiger partial charge is 0.462 e. The van der Waals surface area contributed by atoms with Crippen LogP contribution in [0.3, 0.4) is 0 Å². The normalized spacial score (nSPS) is 14.4. The number of nitrogens with two attached hydrogens (primary N) is 1. The summed E-state index contributed by atoms with van der Waals surface area (Å²) in [6, 6.07) is 0. The molecule has 9 nitrogen and oxygen atoms in total. The van der Waals surface area contributed by atoms with Crippen molar-refractivity contribution in [2.75, 3.05) is 26.4 Å². The highest BCUT2D eigenvalue weighted by Gasteiger charge is 2.26. The van der Waals surface area contributed by atoms with E-state index >= 15 is 0 Å². The third-order valence-electron chi connectivity index (χ3n) is 12.9. The molecule has 10 heteroatoms. The zero-order valence-corrected chi connectivity index (χ0v) is 55.0. The van der Waals surface area contributed by atoms with Gasteiger partial charge in [-0.05, 0) is 154 Å². The lowest BCUT2D eigenvalue weighted by Gasteiger charge is -2.19. The van der Waals surface area contributed by atoms with Gasteiger partial charge in [0.1, 0.15) is 6.61 Å². The molecule has 0 aromatic carbocycles. The van der Waals surface area contributed by atoms with Crippen LogP contribution in [0.4, 0.5) is 0 Å². The molecule has 3 N–H and O–H groups in total. The first-order valence-corrected chi connectivity index (χ1v) is 34.7. The molecule has 0 saturated heterocycles. The summed E-state index contributed by atoms with van der Waals surface area (Å²) in [5, 5.41) is 0. The van der Waals surface area contributed by atoms with Crippen LogP contribution in [0.2, 0.25) is 0 Å². The van der Waals surface area contributed by atoms with Crippen molar-refractivity contribution in [3.8, 4) is 0 Å². The van der Waals surface area contributed by atoms with Crippen LogP contribution in [-0.4, -0.2) is 49.3 Å². The number of phosphoric ester groups is 1. The summed E-state index contributed by atoms with van der Waals surface area (Å²) in [7, 11) is -4.43. The van der Waals surface area contributed by atoms with Crippen LogP contribution in [0.15, 0.2) is 219 Å². The van der Waals surface area contributed by atoms with E-state index in [2.05, 4.69) is 233 Å². The molecular weight excluding hydrogens is 1100 g/mol. The van der Waals surface area contributed by atoms with E-state index in [1.165, 1.54) is 25.7 Å². The predicted octanol–water partition coefficient (Wildman–Crippen LogP) is 22.1. The molecular formula is C77H118NO8P. The molecule has 0 aliphatic rings. The van der Waals surface area contributed by atoms with Gasteiger partial charge in [0.2, 0.25) is 0 Å². The molecule has 0 fully saturated rings. The minimum absolute atomic E-state index is 0.0321. The molecule has 0 aliphatic carbocycles. The standard InChI is InChI=1S/C77H118NO8P/c1-3-5-7-9-11-13-15-17-19-21-23-25-27-29-31-33-35-37-39-41-43-45-47-49-51-53-55-57-59-61-63-65-67-69-76(79)83-73-75(74-85-87(81,82)84-72-71-78)86-77(80)70-68-66-64-62-60-58-56-54-52-50-48-46-44-42-40-38-36-34-32-30-28-26-24-22-20-18-16-14-12-10-8-6-4-2/h5-8,11-14,17-20,23-26,29-32,35-38,41-44,47-50,54,56,60,62,75H,3-4,9-10,15-16,21-22,27-28,33-34,39-40,45-46,51-53,55,57-59,61,63-74,78H2,1-2H3,(H,81,82)/b7-5-,8-6-,13-11-,14-12-,19-17-,20-18-,25-23-,26-24-,31-29-,32-30-,37-35-,38-36-,43-41-,44-42-,49-47-,50-48-,56-54-,62-60-. The largest absolute Gasteiger partial charge is 0.472 e. The topological polar surface area (TPSA) is 134 Å². The molecule has 0 heterocycles. The van der Waals surface area contributed by atoms with Gasteiger partial charge < -0.3 is 20.1 Å². The number of ether oxygens (including phenoxy) is 2. The minimum atomic E-state index is -4.43. The van der Waals surface area contributed by atoms with Crippen LogP contribution in [-0.2, 0) is 32.7 Å². The number of rotatable bonds is 59. The molecule has 2 atom stereocenters. The van der Waals surface area contributed by atoms with Gasteiger partial charge in [-0.15, -0.1) is 0 Å². The van der Waals surface area contributed by atoms with E-state index in [1.54, 1.807) is 0 Å². The lowest BCUT2D eigenvalue weighted by Crippen LogP contribution is -2.29. The number of carbonyl (C=O) groups is 2. The Morgan fingerprint density at radius 2 is 0.598 bits per heavy atom. The molecule has 0 amide bonds. The zero-order valence-electron chi connectivity index (χ0n) is 54.1.